The number of amides is 1. The van der Waals surface area contributed by atoms with Gasteiger partial charge in [-0.3, -0.25) is 4.79 Å². The number of hydrogen-bond acceptors (Lipinski definition) is 5. The van der Waals surface area contributed by atoms with Crippen LogP contribution < -0.4 is 5.32 Å². The SMILES string of the molecule is CN(Cc1ccccc1)C(=O)C[C@@H]1CCNC[C@@H]1Cc1cc(CSc2ccccc2)on1. The van der Waals surface area contributed by atoms with Gasteiger partial charge < -0.3 is 14.7 Å². The van der Waals surface area contributed by atoms with Gasteiger partial charge in [-0.2, -0.15) is 0 Å². The lowest BCUT2D eigenvalue weighted by Crippen LogP contribution is -2.40. The third-order valence-electron chi connectivity index (χ3n) is 6.09. The fraction of sp³-hybridized carbons (Fsp3) is 0.385. The maximum Gasteiger partial charge on any atom is 0.222 e. The zero-order valence-electron chi connectivity index (χ0n) is 18.6. The molecule has 1 aromatic heterocycles. The van der Waals surface area contributed by atoms with Crippen molar-refractivity contribution in [2.24, 2.45) is 11.8 Å². The van der Waals surface area contributed by atoms with E-state index in [0.29, 0.717) is 24.8 Å². The van der Waals surface area contributed by atoms with Crippen molar-refractivity contribution in [3.63, 3.8) is 0 Å². The van der Waals surface area contributed by atoms with Crippen LogP contribution in [-0.4, -0.2) is 36.1 Å². The van der Waals surface area contributed by atoms with Gasteiger partial charge in [0.1, 0.15) is 5.76 Å². The second kappa shape index (κ2) is 11.3. The number of piperidine rings is 1. The molecule has 1 saturated heterocycles. The summed E-state index contributed by atoms with van der Waals surface area (Å²) in [6, 6.07) is 22.6. The van der Waals surface area contributed by atoms with Crippen molar-refractivity contribution in [3.8, 4) is 0 Å². The molecule has 5 nitrogen and oxygen atoms in total. The molecular formula is C26H31N3O2S. The highest BCUT2D eigenvalue weighted by Crippen LogP contribution is 2.28. The lowest BCUT2D eigenvalue weighted by Gasteiger charge is -2.32. The lowest BCUT2D eigenvalue weighted by molar-refractivity contribution is -0.132. The molecule has 2 atom stereocenters. The van der Waals surface area contributed by atoms with Gasteiger partial charge in [-0.05, 0) is 55.5 Å². The van der Waals surface area contributed by atoms with Crippen LogP contribution in [-0.2, 0) is 23.5 Å². The van der Waals surface area contributed by atoms with E-state index < -0.39 is 0 Å². The summed E-state index contributed by atoms with van der Waals surface area (Å²) in [6.45, 7) is 2.54. The van der Waals surface area contributed by atoms with Gasteiger partial charge in [0.05, 0.1) is 11.4 Å². The highest BCUT2D eigenvalue weighted by atomic mass is 32.2. The highest BCUT2D eigenvalue weighted by Gasteiger charge is 2.29. The van der Waals surface area contributed by atoms with E-state index >= 15 is 0 Å². The lowest BCUT2D eigenvalue weighted by atomic mass is 9.81. The molecule has 0 bridgehead atoms. The zero-order valence-corrected chi connectivity index (χ0v) is 19.4. The van der Waals surface area contributed by atoms with Gasteiger partial charge in [-0.15, -0.1) is 11.8 Å². The Labute approximate surface area is 194 Å². The molecule has 168 valence electrons. The van der Waals surface area contributed by atoms with E-state index in [-0.39, 0.29) is 5.91 Å². The van der Waals surface area contributed by atoms with Crippen LogP contribution in [0.1, 0.15) is 29.9 Å². The Morgan fingerprint density at radius 1 is 1.12 bits per heavy atom. The van der Waals surface area contributed by atoms with Crippen molar-refractivity contribution in [2.75, 3.05) is 20.1 Å². The van der Waals surface area contributed by atoms with Gasteiger partial charge in [-0.25, -0.2) is 0 Å². The molecule has 2 heterocycles. The molecule has 1 fully saturated rings. The topological polar surface area (TPSA) is 58.4 Å². The largest absolute Gasteiger partial charge is 0.360 e. The second-order valence-corrected chi connectivity index (χ2v) is 9.59. The monoisotopic (exact) mass is 449 g/mol. The van der Waals surface area contributed by atoms with Crippen molar-refractivity contribution in [3.05, 3.63) is 83.7 Å². The van der Waals surface area contributed by atoms with Crippen LogP contribution in [0.3, 0.4) is 0 Å². The summed E-state index contributed by atoms with van der Waals surface area (Å²) in [5.41, 5.74) is 2.14. The molecule has 1 amide bonds. The molecule has 0 aliphatic carbocycles. The fourth-order valence-electron chi connectivity index (χ4n) is 4.27. The van der Waals surface area contributed by atoms with Crippen molar-refractivity contribution < 1.29 is 9.32 Å². The highest BCUT2D eigenvalue weighted by molar-refractivity contribution is 7.98. The zero-order chi connectivity index (χ0) is 22.2. The average molecular weight is 450 g/mol. The third-order valence-corrected chi connectivity index (χ3v) is 7.13. The van der Waals surface area contributed by atoms with E-state index in [9.17, 15) is 4.79 Å². The normalized spacial score (nSPS) is 18.4. The molecule has 0 saturated carbocycles. The molecule has 1 aliphatic rings. The number of nitrogens with one attached hydrogen (secondary N) is 1. The van der Waals surface area contributed by atoms with Crippen LogP contribution >= 0.6 is 11.8 Å². The van der Waals surface area contributed by atoms with Crippen molar-refractivity contribution in [1.82, 2.24) is 15.4 Å². The summed E-state index contributed by atoms with van der Waals surface area (Å²) in [7, 11) is 1.90. The minimum Gasteiger partial charge on any atom is -0.360 e. The maximum absolute atomic E-state index is 12.9. The summed E-state index contributed by atoms with van der Waals surface area (Å²) >= 11 is 1.75. The number of rotatable bonds is 9. The smallest absolute Gasteiger partial charge is 0.222 e. The number of thioether (sulfide) groups is 1. The summed E-state index contributed by atoms with van der Waals surface area (Å²) in [5, 5.41) is 7.81. The standard InChI is InChI=1S/C26H31N3O2S/c1-29(18-20-8-4-2-5-9-20)26(30)15-21-12-13-27-17-22(21)14-23-16-24(31-28-23)19-32-25-10-6-3-7-11-25/h2-11,16,21-22,27H,12-15,17-19H2,1H3/t21-,22-/m0/s1. The molecule has 0 unspecified atom stereocenters. The van der Waals surface area contributed by atoms with Gasteiger partial charge in [0.25, 0.3) is 0 Å². The van der Waals surface area contributed by atoms with Gasteiger partial charge in [-0.1, -0.05) is 53.7 Å². The van der Waals surface area contributed by atoms with E-state index in [1.54, 1.807) is 11.8 Å². The van der Waals surface area contributed by atoms with Crippen LogP contribution in [0.25, 0.3) is 0 Å². The van der Waals surface area contributed by atoms with Gasteiger partial charge >= 0.3 is 0 Å². The number of benzene rings is 2. The average Bonchev–Trinajstić information content (AvgIpc) is 3.27. The Kier molecular flexibility index (Phi) is 8.02. The van der Waals surface area contributed by atoms with E-state index in [2.05, 4.69) is 40.8 Å². The first-order valence-corrected chi connectivity index (χ1v) is 12.3. The van der Waals surface area contributed by atoms with E-state index in [1.807, 2.05) is 48.3 Å². The molecule has 1 N–H and O–H groups in total. The van der Waals surface area contributed by atoms with Gasteiger partial charge in [0.2, 0.25) is 5.91 Å². The molecular weight excluding hydrogens is 418 g/mol. The number of nitrogens with zero attached hydrogens (tertiary/aromatic N) is 2. The quantitative estimate of drug-likeness (QED) is 0.476. The summed E-state index contributed by atoms with van der Waals surface area (Å²) in [5.74, 6) is 2.63. The molecule has 4 rings (SSSR count). The second-order valence-electron chi connectivity index (χ2n) is 8.54. The van der Waals surface area contributed by atoms with Crippen molar-refractivity contribution in [2.45, 2.75) is 36.5 Å². The van der Waals surface area contributed by atoms with Gasteiger partial charge in [0, 0.05) is 31.0 Å². The summed E-state index contributed by atoms with van der Waals surface area (Å²) in [6.07, 6.45) is 2.45. The van der Waals surface area contributed by atoms with Crippen LogP contribution in [0.4, 0.5) is 0 Å². The minimum absolute atomic E-state index is 0.214. The van der Waals surface area contributed by atoms with Crippen LogP contribution in [0.5, 0.6) is 0 Å². The Morgan fingerprint density at radius 2 is 1.88 bits per heavy atom. The van der Waals surface area contributed by atoms with E-state index in [4.69, 9.17) is 4.52 Å². The first-order chi connectivity index (χ1) is 15.7. The molecule has 1 aliphatic heterocycles. The predicted octanol–water partition coefficient (Wildman–Crippen LogP) is 4.78. The molecule has 3 aromatic rings. The Morgan fingerprint density at radius 3 is 2.66 bits per heavy atom. The Balaban J connectivity index is 1.30. The Bertz CT molecular complexity index is 977. The number of carbonyl (C=O) groups is 1. The van der Waals surface area contributed by atoms with Gasteiger partial charge in [0.15, 0.2) is 0 Å². The number of hydrogen-bond donors (Lipinski definition) is 1. The summed E-state index contributed by atoms with van der Waals surface area (Å²) < 4.78 is 5.58. The first-order valence-electron chi connectivity index (χ1n) is 11.3. The third kappa shape index (κ3) is 6.47. The van der Waals surface area contributed by atoms with Crippen LogP contribution in [0.15, 0.2) is 76.1 Å². The molecule has 2 aromatic carbocycles. The Hall–Kier alpha value is -2.57. The molecule has 0 radical (unpaired) electrons. The molecule has 32 heavy (non-hydrogen) atoms. The molecule has 6 heteroatoms. The van der Waals surface area contributed by atoms with Crippen LogP contribution in [0, 0.1) is 11.8 Å². The number of carbonyl (C=O) groups excluding carboxylic acids is 1. The predicted molar refractivity (Wildman–Crippen MR) is 128 cm³/mol. The van der Waals surface area contributed by atoms with Crippen molar-refractivity contribution >= 4 is 17.7 Å². The maximum atomic E-state index is 12.9. The van der Waals surface area contributed by atoms with Crippen molar-refractivity contribution in [1.29, 1.82) is 0 Å². The fourth-order valence-corrected chi connectivity index (χ4v) is 5.06. The molecule has 0 spiro atoms. The first kappa shape index (κ1) is 22.6. The minimum atomic E-state index is 0.214. The van der Waals surface area contributed by atoms with E-state index in [1.165, 1.54) is 4.90 Å². The van der Waals surface area contributed by atoms with Crippen LogP contribution in [0.2, 0.25) is 0 Å². The van der Waals surface area contributed by atoms with E-state index in [0.717, 1.165) is 48.7 Å². The summed E-state index contributed by atoms with van der Waals surface area (Å²) in [4.78, 5) is 16.0. The number of aromatic nitrogens is 1.